The zero-order valence-electron chi connectivity index (χ0n) is 8.84. The molecule has 1 aromatic carbocycles. The molecule has 0 heterocycles. The number of hydrogen-bond acceptors (Lipinski definition) is 2. The van der Waals surface area contributed by atoms with E-state index in [2.05, 4.69) is 21.2 Å². The molecular weight excluding hydrogens is 293 g/mol. The first-order valence-corrected chi connectivity index (χ1v) is 6.09. The summed E-state index contributed by atoms with van der Waals surface area (Å²) in [5, 5.41) is 12.7. The van der Waals surface area contributed by atoms with Crippen LogP contribution in [0.2, 0.25) is 0 Å². The van der Waals surface area contributed by atoms with Crippen molar-refractivity contribution in [1.82, 2.24) is 5.32 Å². The standard InChI is InChI=1S/C11H13BrClNO2/c1-11(16,7-14-10(15)6-13)8-3-2-4-9(12)5-8/h2-5,16H,6-7H2,1H3,(H,14,15). The highest BCUT2D eigenvalue weighted by Gasteiger charge is 2.23. The Morgan fingerprint density at radius 3 is 2.88 bits per heavy atom. The topological polar surface area (TPSA) is 49.3 Å². The summed E-state index contributed by atoms with van der Waals surface area (Å²) in [7, 11) is 0. The van der Waals surface area contributed by atoms with Crippen molar-refractivity contribution in [2.24, 2.45) is 0 Å². The number of halogens is 2. The first kappa shape index (κ1) is 13.5. The molecule has 88 valence electrons. The monoisotopic (exact) mass is 305 g/mol. The van der Waals surface area contributed by atoms with E-state index in [1.54, 1.807) is 13.0 Å². The van der Waals surface area contributed by atoms with Crippen LogP contribution in [-0.2, 0) is 10.4 Å². The lowest BCUT2D eigenvalue weighted by Crippen LogP contribution is -2.39. The van der Waals surface area contributed by atoms with Gasteiger partial charge in [0.25, 0.3) is 0 Å². The van der Waals surface area contributed by atoms with Crippen LogP contribution in [0.5, 0.6) is 0 Å². The van der Waals surface area contributed by atoms with Crippen LogP contribution in [0.3, 0.4) is 0 Å². The molecular formula is C11H13BrClNO2. The second kappa shape index (κ2) is 5.66. The SMILES string of the molecule is CC(O)(CNC(=O)CCl)c1cccc(Br)c1. The van der Waals surface area contributed by atoms with Gasteiger partial charge in [-0.3, -0.25) is 4.79 Å². The van der Waals surface area contributed by atoms with Gasteiger partial charge in [0, 0.05) is 4.47 Å². The number of hydrogen-bond donors (Lipinski definition) is 2. The van der Waals surface area contributed by atoms with Crippen molar-refractivity contribution in [3.63, 3.8) is 0 Å². The molecule has 0 aromatic heterocycles. The third-order valence-electron chi connectivity index (χ3n) is 2.20. The molecule has 3 nitrogen and oxygen atoms in total. The molecule has 2 N–H and O–H groups in total. The summed E-state index contributed by atoms with van der Waals surface area (Å²) >= 11 is 8.68. The molecule has 0 fully saturated rings. The van der Waals surface area contributed by atoms with E-state index >= 15 is 0 Å². The van der Waals surface area contributed by atoms with Crippen molar-refractivity contribution in [3.05, 3.63) is 34.3 Å². The number of rotatable bonds is 4. The number of benzene rings is 1. The first-order valence-electron chi connectivity index (χ1n) is 4.77. The molecule has 0 saturated heterocycles. The van der Waals surface area contributed by atoms with Gasteiger partial charge in [-0.1, -0.05) is 28.1 Å². The number of carbonyl (C=O) groups excluding carboxylic acids is 1. The highest BCUT2D eigenvalue weighted by atomic mass is 79.9. The molecule has 0 aliphatic heterocycles. The van der Waals surface area contributed by atoms with E-state index in [0.717, 1.165) is 10.0 Å². The Labute approximate surface area is 108 Å². The zero-order valence-corrected chi connectivity index (χ0v) is 11.2. The Balaban J connectivity index is 2.73. The van der Waals surface area contributed by atoms with E-state index in [1.165, 1.54) is 0 Å². The summed E-state index contributed by atoms with van der Waals surface area (Å²) in [6.07, 6.45) is 0. The highest BCUT2D eigenvalue weighted by Crippen LogP contribution is 2.22. The Morgan fingerprint density at radius 1 is 1.62 bits per heavy atom. The maximum absolute atomic E-state index is 11.0. The third kappa shape index (κ3) is 3.77. The summed E-state index contributed by atoms with van der Waals surface area (Å²) < 4.78 is 0.883. The summed E-state index contributed by atoms with van der Waals surface area (Å²) in [4.78, 5) is 11.0. The molecule has 1 aromatic rings. The van der Waals surface area contributed by atoms with E-state index in [0.29, 0.717) is 0 Å². The quantitative estimate of drug-likeness (QED) is 0.836. The van der Waals surface area contributed by atoms with E-state index in [9.17, 15) is 9.90 Å². The van der Waals surface area contributed by atoms with E-state index in [4.69, 9.17) is 11.6 Å². The fraction of sp³-hybridized carbons (Fsp3) is 0.364. The van der Waals surface area contributed by atoms with Gasteiger partial charge in [-0.25, -0.2) is 0 Å². The number of alkyl halides is 1. The smallest absolute Gasteiger partial charge is 0.235 e. The lowest BCUT2D eigenvalue weighted by Gasteiger charge is -2.24. The fourth-order valence-corrected chi connectivity index (χ4v) is 1.74. The van der Waals surface area contributed by atoms with Gasteiger partial charge in [0.2, 0.25) is 5.91 Å². The number of nitrogens with one attached hydrogen (secondary N) is 1. The number of aliphatic hydroxyl groups is 1. The van der Waals surface area contributed by atoms with Crippen LogP contribution in [0.4, 0.5) is 0 Å². The van der Waals surface area contributed by atoms with Crippen LogP contribution in [-0.4, -0.2) is 23.4 Å². The zero-order chi connectivity index (χ0) is 12.2. The van der Waals surface area contributed by atoms with Gasteiger partial charge >= 0.3 is 0 Å². The minimum Gasteiger partial charge on any atom is -0.384 e. The Bertz CT molecular complexity index is 382. The van der Waals surface area contributed by atoms with Crippen molar-refractivity contribution in [1.29, 1.82) is 0 Å². The predicted molar refractivity (Wildman–Crippen MR) is 67.4 cm³/mol. The third-order valence-corrected chi connectivity index (χ3v) is 2.93. The maximum Gasteiger partial charge on any atom is 0.235 e. The molecule has 0 radical (unpaired) electrons. The van der Waals surface area contributed by atoms with Gasteiger partial charge in [-0.2, -0.15) is 0 Å². The average molecular weight is 307 g/mol. The molecule has 1 amide bonds. The number of amides is 1. The fourth-order valence-electron chi connectivity index (χ4n) is 1.24. The Morgan fingerprint density at radius 2 is 2.31 bits per heavy atom. The van der Waals surface area contributed by atoms with Crippen LogP contribution in [0.15, 0.2) is 28.7 Å². The summed E-state index contributed by atoms with van der Waals surface area (Å²) in [6, 6.07) is 7.32. The minimum absolute atomic E-state index is 0.103. The Hall–Kier alpha value is -0.580. The van der Waals surface area contributed by atoms with Crippen LogP contribution in [0, 0.1) is 0 Å². The normalized spacial score (nSPS) is 14.2. The van der Waals surface area contributed by atoms with Gasteiger partial charge in [0.1, 0.15) is 11.5 Å². The Kier molecular flexibility index (Phi) is 4.77. The molecule has 0 bridgehead atoms. The molecule has 0 saturated carbocycles. The average Bonchev–Trinajstić information content (AvgIpc) is 2.26. The van der Waals surface area contributed by atoms with Crippen molar-refractivity contribution < 1.29 is 9.90 Å². The molecule has 0 aliphatic rings. The molecule has 1 atom stereocenters. The van der Waals surface area contributed by atoms with Gasteiger partial charge in [0.15, 0.2) is 0 Å². The van der Waals surface area contributed by atoms with Crippen LogP contribution in [0.1, 0.15) is 12.5 Å². The van der Waals surface area contributed by atoms with Crippen molar-refractivity contribution in [3.8, 4) is 0 Å². The van der Waals surface area contributed by atoms with E-state index in [1.807, 2.05) is 18.2 Å². The maximum atomic E-state index is 11.0. The first-order chi connectivity index (χ1) is 7.45. The van der Waals surface area contributed by atoms with Crippen LogP contribution in [0.25, 0.3) is 0 Å². The van der Waals surface area contributed by atoms with Crippen molar-refractivity contribution in [2.45, 2.75) is 12.5 Å². The molecule has 1 unspecified atom stereocenters. The second-order valence-electron chi connectivity index (χ2n) is 3.69. The lowest BCUT2D eigenvalue weighted by atomic mass is 9.96. The minimum atomic E-state index is -1.11. The highest BCUT2D eigenvalue weighted by molar-refractivity contribution is 9.10. The van der Waals surface area contributed by atoms with Gasteiger partial charge in [0.05, 0.1) is 6.54 Å². The number of carbonyl (C=O) groups is 1. The molecule has 0 spiro atoms. The van der Waals surface area contributed by atoms with Gasteiger partial charge in [-0.15, -0.1) is 11.6 Å². The van der Waals surface area contributed by atoms with Crippen molar-refractivity contribution >= 4 is 33.4 Å². The predicted octanol–water partition coefficient (Wildman–Crippen LogP) is 2.01. The molecule has 5 heteroatoms. The largest absolute Gasteiger partial charge is 0.384 e. The molecule has 0 aliphatic carbocycles. The van der Waals surface area contributed by atoms with Gasteiger partial charge < -0.3 is 10.4 Å². The van der Waals surface area contributed by atoms with E-state index < -0.39 is 5.60 Å². The van der Waals surface area contributed by atoms with E-state index in [-0.39, 0.29) is 18.3 Å². The lowest BCUT2D eigenvalue weighted by molar-refractivity contribution is -0.119. The van der Waals surface area contributed by atoms with Crippen LogP contribution >= 0.6 is 27.5 Å². The summed E-state index contributed by atoms with van der Waals surface area (Å²) in [5.74, 6) is -0.397. The van der Waals surface area contributed by atoms with Gasteiger partial charge in [-0.05, 0) is 24.6 Å². The summed E-state index contributed by atoms with van der Waals surface area (Å²) in [6.45, 7) is 1.78. The van der Waals surface area contributed by atoms with Crippen molar-refractivity contribution in [2.75, 3.05) is 12.4 Å². The van der Waals surface area contributed by atoms with Crippen LogP contribution < -0.4 is 5.32 Å². The molecule has 16 heavy (non-hydrogen) atoms. The second-order valence-corrected chi connectivity index (χ2v) is 4.88. The summed E-state index contributed by atoms with van der Waals surface area (Å²) in [5.41, 5.74) is -0.373. The molecule has 1 rings (SSSR count).